The Morgan fingerprint density at radius 3 is 2.57 bits per heavy atom. The van der Waals surface area contributed by atoms with E-state index < -0.39 is 0 Å². The molecule has 1 aromatic carbocycles. The predicted molar refractivity (Wildman–Crippen MR) is 125 cm³/mol. The van der Waals surface area contributed by atoms with Gasteiger partial charge in [0.2, 0.25) is 5.88 Å². The van der Waals surface area contributed by atoms with Gasteiger partial charge < -0.3 is 24.4 Å². The Morgan fingerprint density at radius 1 is 1.11 bits per heavy atom. The van der Waals surface area contributed by atoms with Crippen LogP contribution in [0.4, 0.5) is 5.82 Å². The lowest BCUT2D eigenvalue weighted by Gasteiger charge is -2.30. The molecule has 0 aliphatic carbocycles. The second kappa shape index (κ2) is 9.71. The number of hydrogen-bond donors (Lipinski definition) is 1. The number of aromatic nitrogens is 4. The number of benzene rings is 1. The van der Waals surface area contributed by atoms with Crippen molar-refractivity contribution in [2.24, 2.45) is 7.05 Å². The van der Waals surface area contributed by atoms with Gasteiger partial charge >= 0.3 is 0 Å². The van der Waals surface area contributed by atoms with Gasteiger partial charge in [0.25, 0.3) is 11.8 Å². The van der Waals surface area contributed by atoms with Gasteiger partial charge in [-0.2, -0.15) is 5.10 Å². The van der Waals surface area contributed by atoms with Crippen LogP contribution >= 0.6 is 0 Å². The topological polar surface area (TPSA) is 121 Å². The van der Waals surface area contributed by atoms with E-state index in [1.54, 1.807) is 40.9 Å². The van der Waals surface area contributed by atoms with Crippen LogP contribution in [0.2, 0.25) is 0 Å². The van der Waals surface area contributed by atoms with Crippen LogP contribution in [0.25, 0.3) is 0 Å². The lowest BCUT2D eigenvalue weighted by Crippen LogP contribution is -2.42. The molecule has 3 aromatic rings. The van der Waals surface area contributed by atoms with Crippen LogP contribution in [0.3, 0.4) is 0 Å². The van der Waals surface area contributed by atoms with Gasteiger partial charge in [0.05, 0.1) is 25.6 Å². The normalized spacial score (nSPS) is 17.1. The largest absolute Gasteiger partial charge is 0.488 e. The molecule has 2 aliphatic rings. The maximum Gasteiger partial charge on any atom is 0.274 e. The number of hydrogen-bond acceptors (Lipinski definition) is 8. The van der Waals surface area contributed by atoms with Crippen molar-refractivity contribution in [1.29, 1.82) is 0 Å². The van der Waals surface area contributed by atoms with Crippen LogP contribution < -0.4 is 14.8 Å². The van der Waals surface area contributed by atoms with E-state index in [1.807, 2.05) is 6.92 Å². The van der Waals surface area contributed by atoms with E-state index in [-0.39, 0.29) is 29.5 Å². The number of aryl methyl sites for hydroxylation is 2. The Hall–Kier alpha value is -3.99. The van der Waals surface area contributed by atoms with Gasteiger partial charge in [-0.1, -0.05) is 0 Å². The Labute approximate surface area is 202 Å². The number of anilines is 1. The highest BCUT2D eigenvalue weighted by Crippen LogP contribution is 2.29. The highest BCUT2D eigenvalue weighted by molar-refractivity contribution is 6.04. The molecule has 2 aromatic heterocycles. The molecule has 5 rings (SSSR count). The fraction of sp³-hybridized carbons (Fsp3) is 0.375. The van der Waals surface area contributed by atoms with Crippen LogP contribution in [0.5, 0.6) is 17.4 Å². The molecule has 0 radical (unpaired) electrons. The summed E-state index contributed by atoms with van der Waals surface area (Å²) in [5, 5.41) is 7.07. The summed E-state index contributed by atoms with van der Waals surface area (Å²) in [7, 11) is 1.80. The van der Waals surface area contributed by atoms with E-state index in [4.69, 9.17) is 14.2 Å². The van der Waals surface area contributed by atoms with Crippen LogP contribution in [0.15, 0.2) is 36.7 Å². The minimum absolute atomic E-state index is 0.105. The van der Waals surface area contributed by atoms with E-state index in [2.05, 4.69) is 20.4 Å². The lowest BCUT2D eigenvalue weighted by atomic mass is 10.2. The first kappa shape index (κ1) is 22.8. The quantitative estimate of drug-likeness (QED) is 0.550. The van der Waals surface area contributed by atoms with Gasteiger partial charge in [-0.3, -0.25) is 14.3 Å². The molecule has 11 nitrogen and oxygen atoms in total. The molecule has 2 saturated heterocycles. The zero-order chi connectivity index (χ0) is 24.4. The second-order valence-electron chi connectivity index (χ2n) is 8.53. The summed E-state index contributed by atoms with van der Waals surface area (Å²) < 4.78 is 19.0. The molecule has 0 bridgehead atoms. The van der Waals surface area contributed by atoms with E-state index >= 15 is 0 Å². The first-order valence-electron chi connectivity index (χ1n) is 11.5. The first-order chi connectivity index (χ1) is 16.9. The van der Waals surface area contributed by atoms with Crippen LogP contribution in [0.1, 0.15) is 39.4 Å². The highest BCUT2D eigenvalue weighted by Gasteiger charge is 2.23. The molecule has 35 heavy (non-hydrogen) atoms. The van der Waals surface area contributed by atoms with Crippen molar-refractivity contribution in [1.82, 2.24) is 24.6 Å². The summed E-state index contributed by atoms with van der Waals surface area (Å²) in [6, 6.07) is 6.70. The summed E-state index contributed by atoms with van der Waals surface area (Å²) in [5.41, 5.74) is 1.51. The van der Waals surface area contributed by atoms with Crippen molar-refractivity contribution in [3.8, 4) is 17.4 Å². The maximum atomic E-state index is 13.0. The maximum absolute atomic E-state index is 13.0. The molecular formula is C24H26N6O5. The molecule has 1 atom stereocenters. The molecule has 182 valence electrons. The molecule has 4 heterocycles. The summed E-state index contributed by atoms with van der Waals surface area (Å²) >= 11 is 0. The number of rotatable bonds is 7. The zero-order valence-electron chi connectivity index (χ0n) is 19.6. The van der Waals surface area contributed by atoms with Gasteiger partial charge in [0.15, 0.2) is 5.82 Å². The molecule has 0 saturated carbocycles. The van der Waals surface area contributed by atoms with Crippen LogP contribution in [0, 0.1) is 6.92 Å². The van der Waals surface area contributed by atoms with Crippen molar-refractivity contribution in [3.05, 3.63) is 53.6 Å². The summed E-state index contributed by atoms with van der Waals surface area (Å²) in [6.45, 7) is 4.49. The van der Waals surface area contributed by atoms with Crippen LogP contribution in [-0.4, -0.2) is 68.9 Å². The highest BCUT2D eigenvalue weighted by atomic mass is 16.5. The number of carbonyl (C=O) groups is 2. The number of amides is 2. The Morgan fingerprint density at radius 2 is 1.94 bits per heavy atom. The Balaban J connectivity index is 1.36. The van der Waals surface area contributed by atoms with Crippen LogP contribution in [-0.2, 0) is 11.8 Å². The van der Waals surface area contributed by atoms with E-state index in [9.17, 15) is 9.59 Å². The van der Waals surface area contributed by atoms with Gasteiger partial charge in [0, 0.05) is 49.9 Å². The fourth-order valence-electron chi connectivity index (χ4n) is 3.72. The van der Waals surface area contributed by atoms with E-state index in [0.29, 0.717) is 36.1 Å². The van der Waals surface area contributed by atoms with Crippen molar-refractivity contribution < 1.29 is 23.8 Å². The lowest BCUT2D eigenvalue weighted by molar-refractivity contribution is 0.0645. The molecule has 2 aliphatic heterocycles. The number of carbonyl (C=O) groups excluding carboxylic acids is 2. The Bertz CT molecular complexity index is 1210. The monoisotopic (exact) mass is 478 g/mol. The molecule has 0 spiro atoms. The summed E-state index contributed by atoms with van der Waals surface area (Å²) in [5.74, 6) is 0.952. The van der Waals surface area contributed by atoms with Crippen molar-refractivity contribution in [3.63, 3.8) is 0 Å². The molecule has 1 N–H and O–H groups in total. The van der Waals surface area contributed by atoms with Gasteiger partial charge in [-0.15, -0.1) is 0 Å². The third-order valence-electron chi connectivity index (χ3n) is 5.90. The van der Waals surface area contributed by atoms with Crippen molar-refractivity contribution in [2.75, 3.05) is 31.6 Å². The standard InChI is InChI=1S/C24H26N6O5/c1-15-8-21(28-29(15)2)27-23(31)16-9-18(34-17-4-7-33-14-17)11-19(10-16)35-22-13-25-20(12-26-22)24(32)30-5-3-6-30/h8-13,17H,3-7,14H2,1-2H3,(H,27,28,31)/t17-/m0/s1. The minimum Gasteiger partial charge on any atom is -0.488 e. The fourth-order valence-corrected chi connectivity index (χ4v) is 3.72. The molecular weight excluding hydrogens is 452 g/mol. The number of likely N-dealkylation sites (tertiary alicyclic amines) is 1. The SMILES string of the molecule is Cc1cc(NC(=O)c2cc(Oc3cnc(C(=O)N4CCC4)cn3)cc(O[C@H]3CCOC3)c2)nn1C. The number of ether oxygens (including phenoxy) is 3. The van der Waals surface area contributed by atoms with Crippen molar-refractivity contribution in [2.45, 2.75) is 25.9 Å². The number of nitrogens with one attached hydrogen (secondary N) is 1. The molecule has 2 amide bonds. The third kappa shape index (κ3) is 5.24. The first-order valence-corrected chi connectivity index (χ1v) is 11.5. The van der Waals surface area contributed by atoms with Gasteiger partial charge in [0.1, 0.15) is 23.3 Å². The van der Waals surface area contributed by atoms with Crippen molar-refractivity contribution >= 4 is 17.6 Å². The average Bonchev–Trinajstić information content (AvgIpc) is 3.42. The number of nitrogens with zero attached hydrogens (tertiary/aromatic N) is 5. The van der Waals surface area contributed by atoms with E-state index in [0.717, 1.165) is 31.6 Å². The average molecular weight is 479 g/mol. The third-order valence-corrected chi connectivity index (χ3v) is 5.90. The summed E-state index contributed by atoms with van der Waals surface area (Å²) in [6.07, 6.45) is 4.44. The Kier molecular flexibility index (Phi) is 6.32. The molecule has 0 unspecified atom stereocenters. The smallest absolute Gasteiger partial charge is 0.274 e. The summed E-state index contributed by atoms with van der Waals surface area (Å²) in [4.78, 5) is 35.4. The van der Waals surface area contributed by atoms with Gasteiger partial charge in [-0.05, 0) is 25.5 Å². The second-order valence-corrected chi connectivity index (χ2v) is 8.53. The molecule has 11 heteroatoms. The minimum atomic E-state index is -0.359. The predicted octanol–water partition coefficient (Wildman–Crippen LogP) is 2.58. The van der Waals surface area contributed by atoms with E-state index in [1.165, 1.54) is 12.4 Å². The molecule has 2 fully saturated rings. The zero-order valence-corrected chi connectivity index (χ0v) is 19.6. The van der Waals surface area contributed by atoms with Gasteiger partial charge in [-0.25, -0.2) is 9.97 Å².